The van der Waals surface area contributed by atoms with E-state index in [4.69, 9.17) is 11.6 Å². The summed E-state index contributed by atoms with van der Waals surface area (Å²) in [5.41, 5.74) is 1.54. The van der Waals surface area contributed by atoms with Gasteiger partial charge in [-0.3, -0.25) is 4.90 Å². The summed E-state index contributed by atoms with van der Waals surface area (Å²) in [6.45, 7) is 0.669. The maximum absolute atomic E-state index is 13.2. The third-order valence-corrected chi connectivity index (χ3v) is 4.93. The van der Waals surface area contributed by atoms with E-state index in [0.717, 1.165) is 11.1 Å². The third kappa shape index (κ3) is 3.44. The molecule has 1 saturated heterocycles. The lowest BCUT2D eigenvalue weighted by atomic mass is 9.94. The van der Waals surface area contributed by atoms with Gasteiger partial charge in [-0.1, -0.05) is 29.8 Å². The maximum Gasteiger partial charge on any atom is 0.124 e. The molecule has 2 aromatic carbocycles. The number of likely N-dealkylation sites (tertiary alicyclic amines) is 1. The molecule has 0 aromatic heterocycles. The topological polar surface area (TPSA) is 43.7 Å². The fourth-order valence-electron chi connectivity index (χ4n) is 3.27. The second-order valence-corrected chi connectivity index (χ2v) is 6.47. The first-order valence-corrected chi connectivity index (χ1v) is 8.09. The molecule has 128 valence electrons. The van der Waals surface area contributed by atoms with Crippen LogP contribution in [-0.2, 0) is 6.54 Å². The summed E-state index contributed by atoms with van der Waals surface area (Å²) in [5.74, 6) is -0.977. The Morgan fingerprint density at radius 1 is 1.08 bits per heavy atom. The van der Waals surface area contributed by atoms with Crippen molar-refractivity contribution in [3.05, 3.63) is 70.2 Å². The van der Waals surface area contributed by atoms with Crippen molar-refractivity contribution in [2.24, 2.45) is 0 Å². The van der Waals surface area contributed by atoms with Gasteiger partial charge in [-0.2, -0.15) is 0 Å². The Kier molecular flexibility index (Phi) is 5.15. The van der Waals surface area contributed by atoms with Gasteiger partial charge in [0.05, 0.1) is 18.8 Å². The molecule has 1 aliphatic rings. The molecule has 0 radical (unpaired) electrons. The molecular weight excluding hydrogens is 336 g/mol. The van der Waals surface area contributed by atoms with Crippen LogP contribution in [0.3, 0.4) is 0 Å². The minimum absolute atomic E-state index is 0.211. The van der Waals surface area contributed by atoms with Crippen LogP contribution in [0.15, 0.2) is 42.5 Å². The van der Waals surface area contributed by atoms with Crippen molar-refractivity contribution in [3.8, 4) is 0 Å². The summed E-state index contributed by atoms with van der Waals surface area (Å²) in [4.78, 5) is 1.91. The molecule has 1 heterocycles. The van der Waals surface area contributed by atoms with Crippen molar-refractivity contribution < 1.29 is 19.0 Å². The van der Waals surface area contributed by atoms with Crippen LogP contribution in [0, 0.1) is 11.6 Å². The van der Waals surface area contributed by atoms with Crippen LogP contribution in [0.4, 0.5) is 8.78 Å². The number of nitrogens with zero attached hydrogens (tertiary/aromatic N) is 1. The lowest BCUT2D eigenvalue weighted by Crippen LogP contribution is -2.38. The molecule has 6 heteroatoms. The predicted octanol–water partition coefficient (Wildman–Crippen LogP) is 2.94. The Labute approximate surface area is 144 Å². The first-order valence-electron chi connectivity index (χ1n) is 7.72. The minimum Gasteiger partial charge on any atom is -0.395 e. The van der Waals surface area contributed by atoms with Crippen LogP contribution < -0.4 is 0 Å². The lowest BCUT2D eigenvalue weighted by molar-refractivity contribution is 0.0641. The van der Waals surface area contributed by atoms with Crippen molar-refractivity contribution in [2.75, 3.05) is 13.2 Å². The molecule has 24 heavy (non-hydrogen) atoms. The van der Waals surface area contributed by atoms with Crippen molar-refractivity contribution in [2.45, 2.75) is 24.6 Å². The number of rotatable bonds is 4. The number of benzene rings is 2. The van der Waals surface area contributed by atoms with Crippen LogP contribution in [0.2, 0.25) is 5.02 Å². The van der Waals surface area contributed by atoms with Crippen molar-refractivity contribution in [3.63, 3.8) is 0 Å². The fourth-order valence-corrected chi connectivity index (χ4v) is 3.49. The van der Waals surface area contributed by atoms with Gasteiger partial charge in [-0.15, -0.1) is 0 Å². The van der Waals surface area contributed by atoms with Crippen molar-refractivity contribution in [1.82, 2.24) is 4.90 Å². The largest absolute Gasteiger partial charge is 0.395 e. The van der Waals surface area contributed by atoms with Gasteiger partial charge in [-0.25, -0.2) is 8.78 Å². The molecule has 3 atom stereocenters. The normalized spacial score (nSPS) is 24.5. The van der Waals surface area contributed by atoms with Crippen LogP contribution in [-0.4, -0.2) is 40.4 Å². The van der Waals surface area contributed by atoms with Gasteiger partial charge in [0.2, 0.25) is 0 Å². The molecule has 0 aliphatic carbocycles. The zero-order valence-corrected chi connectivity index (χ0v) is 13.6. The van der Waals surface area contributed by atoms with Gasteiger partial charge in [0.25, 0.3) is 0 Å². The molecule has 2 aromatic rings. The number of halogens is 3. The summed E-state index contributed by atoms with van der Waals surface area (Å²) < 4.78 is 26.3. The van der Waals surface area contributed by atoms with E-state index in [-0.39, 0.29) is 18.3 Å². The zero-order valence-electron chi connectivity index (χ0n) is 12.9. The molecule has 0 bridgehead atoms. The van der Waals surface area contributed by atoms with Crippen molar-refractivity contribution in [1.29, 1.82) is 0 Å². The molecule has 1 aliphatic heterocycles. The SMILES string of the molecule is OC[C@@H]1[C@H](O)[C@@H](c2ccc(F)cc2)CN1Cc1ccc(F)cc1Cl. The fraction of sp³-hybridized carbons (Fsp3) is 0.333. The van der Waals surface area contributed by atoms with Gasteiger partial charge in [0.15, 0.2) is 0 Å². The molecule has 0 saturated carbocycles. The quantitative estimate of drug-likeness (QED) is 0.888. The van der Waals surface area contributed by atoms with Crippen LogP contribution >= 0.6 is 11.6 Å². The van der Waals surface area contributed by atoms with E-state index in [1.54, 1.807) is 18.2 Å². The Balaban J connectivity index is 1.81. The average molecular weight is 354 g/mol. The second kappa shape index (κ2) is 7.15. The van der Waals surface area contributed by atoms with Gasteiger partial charge in [0.1, 0.15) is 11.6 Å². The Hall–Kier alpha value is -1.53. The summed E-state index contributed by atoms with van der Waals surface area (Å²) >= 11 is 6.07. The molecule has 1 fully saturated rings. The molecule has 3 nitrogen and oxygen atoms in total. The highest BCUT2D eigenvalue weighted by atomic mass is 35.5. The monoisotopic (exact) mass is 353 g/mol. The average Bonchev–Trinajstić information content (AvgIpc) is 2.86. The van der Waals surface area contributed by atoms with E-state index in [2.05, 4.69) is 0 Å². The first-order chi connectivity index (χ1) is 11.5. The second-order valence-electron chi connectivity index (χ2n) is 6.06. The Bertz CT molecular complexity index is 711. The Morgan fingerprint density at radius 2 is 1.75 bits per heavy atom. The van der Waals surface area contributed by atoms with Gasteiger partial charge in [-0.05, 0) is 35.4 Å². The first kappa shape index (κ1) is 17.3. The van der Waals surface area contributed by atoms with E-state index in [0.29, 0.717) is 18.1 Å². The Morgan fingerprint density at radius 3 is 2.38 bits per heavy atom. The van der Waals surface area contributed by atoms with Crippen LogP contribution in [0.25, 0.3) is 0 Å². The molecule has 0 unspecified atom stereocenters. The summed E-state index contributed by atoms with van der Waals surface area (Å²) in [5, 5.41) is 20.5. The van der Waals surface area contributed by atoms with Crippen molar-refractivity contribution >= 4 is 11.6 Å². The molecule has 3 rings (SSSR count). The molecule has 0 spiro atoms. The van der Waals surface area contributed by atoms with Gasteiger partial charge >= 0.3 is 0 Å². The van der Waals surface area contributed by atoms with E-state index in [1.807, 2.05) is 4.90 Å². The number of aliphatic hydroxyl groups is 2. The highest BCUT2D eigenvalue weighted by Gasteiger charge is 2.41. The lowest BCUT2D eigenvalue weighted by Gasteiger charge is -2.24. The number of aliphatic hydroxyl groups excluding tert-OH is 2. The summed E-state index contributed by atoms with van der Waals surface area (Å²) in [7, 11) is 0. The van der Waals surface area contributed by atoms with Gasteiger partial charge < -0.3 is 10.2 Å². The van der Waals surface area contributed by atoms with E-state index >= 15 is 0 Å². The summed E-state index contributed by atoms with van der Waals surface area (Å²) in [6.07, 6.45) is -0.778. The van der Waals surface area contributed by atoms with E-state index in [9.17, 15) is 19.0 Å². The van der Waals surface area contributed by atoms with E-state index < -0.39 is 18.0 Å². The summed E-state index contributed by atoms with van der Waals surface area (Å²) in [6, 6.07) is 9.72. The number of hydrogen-bond donors (Lipinski definition) is 2. The third-order valence-electron chi connectivity index (χ3n) is 4.58. The number of hydrogen-bond acceptors (Lipinski definition) is 3. The van der Waals surface area contributed by atoms with Crippen LogP contribution in [0.1, 0.15) is 17.0 Å². The zero-order chi connectivity index (χ0) is 17.3. The highest BCUT2D eigenvalue weighted by molar-refractivity contribution is 6.31. The smallest absolute Gasteiger partial charge is 0.124 e. The van der Waals surface area contributed by atoms with Crippen LogP contribution in [0.5, 0.6) is 0 Å². The van der Waals surface area contributed by atoms with Gasteiger partial charge in [0, 0.05) is 24.0 Å². The maximum atomic E-state index is 13.2. The molecule has 2 N–H and O–H groups in total. The minimum atomic E-state index is -0.778. The molecule has 0 amide bonds. The van der Waals surface area contributed by atoms with E-state index in [1.165, 1.54) is 24.3 Å². The highest BCUT2D eigenvalue weighted by Crippen LogP contribution is 2.34. The predicted molar refractivity (Wildman–Crippen MR) is 87.8 cm³/mol. The standard InChI is InChI=1S/C18H18ClF2NO2/c19-16-7-14(21)6-3-12(16)8-22-9-15(18(24)17(22)10-23)11-1-4-13(20)5-2-11/h1-7,15,17-18,23-24H,8-10H2/t15-,17-,18-/m1/s1. The molecular formula is C18H18ClF2NO2.